The van der Waals surface area contributed by atoms with Crippen LogP contribution in [0.1, 0.15) is 28.8 Å². The molecule has 0 aromatic heterocycles. The first kappa shape index (κ1) is 24.4. The lowest BCUT2D eigenvalue weighted by Gasteiger charge is -2.25. The molecule has 0 aliphatic heterocycles. The number of hydrogen-bond donors (Lipinski definition) is 0. The average molecular weight is 471 g/mol. The van der Waals surface area contributed by atoms with Crippen molar-refractivity contribution in [1.29, 1.82) is 0 Å². The van der Waals surface area contributed by atoms with Crippen LogP contribution in [-0.4, -0.2) is 58.0 Å². The Bertz CT molecular complexity index is 965. The molecule has 2 rings (SSSR count). The largest absolute Gasteiger partial charge is 0.374 e. The van der Waals surface area contributed by atoms with Crippen LogP contribution in [0.2, 0.25) is 5.02 Å². The van der Waals surface area contributed by atoms with Crippen LogP contribution in [0.3, 0.4) is 0 Å². The van der Waals surface area contributed by atoms with Gasteiger partial charge in [0.2, 0.25) is 0 Å². The smallest absolute Gasteiger partial charge is 0.293 e. The first-order valence-electron chi connectivity index (χ1n) is 8.58. The number of Topliss-reactive ketones (excluding diaryl/α,β-unsaturated/α-hetero) is 3. The van der Waals surface area contributed by atoms with Gasteiger partial charge in [-0.25, -0.2) is 21.6 Å². The van der Waals surface area contributed by atoms with Crippen molar-refractivity contribution in [2.45, 2.75) is 43.2 Å². The summed E-state index contributed by atoms with van der Waals surface area (Å²) >= 11 is 6.13. The fourth-order valence-corrected chi connectivity index (χ4v) is 4.37. The second-order valence-electron chi connectivity index (χ2n) is 6.60. The van der Waals surface area contributed by atoms with E-state index in [0.29, 0.717) is 0 Å². The number of hydrogen-bond acceptors (Lipinski definition) is 7. The summed E-state index contributed by atoms with van der Waals surface area (Å²) in [6.07, 6.45) is -6.65. The molecule has 7 nitrogen and oxygen atoms in total. The normalized spacial score (nSPS) is 21.2. The number of ether oxygens (including phenoxy) is 2. The predicted molar refractivity (Wildman–Crippen MR) is 98.1 cm³/mol. The van der Waals surface area contributed by atoms with Gasteiger partial charge < -0.3 is 9.47 Å². The zero-order chi connectivity index (χ0) is 22.8. The minimum Gasteiger partial charge on any atom is -0.374 e. The lowest BCUT2D eigenvalue weighted by Crippen LogP contribution is -2.44. The molecule has 1 aliphatic carbocycles. The van der Waals surface area contributed by atoms with E-state index in [0.717, 1.165) is 18.4 Å². The zero-order valence-corrected chi connectivity index (χ0v) is 17.4. The van der Waals surface area contributed by atoms with Crippen LogP contribution in [0.25, 0.3) is 0 Å². The fourth-order valence-electron chi connectivity index (χ4n) is 3.08. The molecule has 0 radical (unpaired) electrons. The van der Waals surface area contributed by atoms with E-state index in [2.05, 4.69) is 4.74 Å². The van der Waals surface area contributed by atoms with Gasteiger partial charge in [-0.05, 0) is 18.6 Å². The zero-order valence-electron chi connectivity index (χ0n) is 15.9. The third-order valence-corrected chi connectivity index (χ3v) is 6.19. The molecule has 0 N–H and O–H groups in total. The second-order valence-corrected chi connectivity index (χ2v) is 8.96. The molecule has 12 heteroatoms. The Balaban J connectivity index is 2.50. The standard InChI is InChI=1S/C18H18ClF3O7S/c1-28-11-5-4-10(23)13(16(11)25)15(24)8-3-6-12(30(2,26)27)9(14(8)19)7-29-18(22)17(20)21/h3,6,11,13,17-18H,4-5,7H2,1-2H3. The van der Waals surface area contributed by atoms with Gasteiger partial charge >= 0.3 is 0 Å². The third kappa shape index (κ3) is 5.08. The molecule has 30 heavy (non-hydrogen) atoms. The van der Waals surface area contributed by atoms with Gasteiger partial charge in [0.05, 0.1) is 16.5 Å². The van der Waals surface area contributed by atoms with Crippen molar-refractivity contribution in [3.05, 3.63) is 28.3 Å². The van der Waals surface area contributed by atoms with E-state index in [4.69, 9.17) is 16.3 Å². The molecule has 1 aromatic carbocycles. The highest BCUT2D eigenvalue weighted by molar-refractivity contribution is 7.90. The minimum absolute atomic E-state index is 0.0897. The van der Waals surface area contributed by atoms with Crippen LogP contribution in [0.5, 0.6) is 0 Å². The number of sulfone groups is 1. The minimum atomic E-state index is -3.97. The molecule has 0 saturated heterocycles. The molecular weight excluding hydrogens is 453 g/mol. The van der Waals surface area contributed by atoms with E-state index in [9.17, 15) is 36.0 Å². The van der Waals surface area contributed by atoms with E-state index >= 15 is 0 Å². The molecule has 3 atom stereocenters. The number of benzene rings is 1. The summed E-state index contributed by atoms with van der Waals surface area (Å²) in [4.78, 5) is 37.1. The molecule has 1 saturated carbocycles. The fraction of sp³-hybridized carbons (Fsp3) is 0.500. The molecule has 0 bridgehead atoms. The predicted octanol–water partition coefficient (Wildman–Crippen LogP) is 2.57. The van der Waals surface area contributed by atoms with E-state index < -0.39 is 79.6 Å². The Kier molecular flexibility index (Phi) is 7.78. The SMILES string of the molecule is COC1CCC(=O)C(C(=O)c2ccc(S(C)(=O)=O)c(COC(F)C(F)F)c2Cl)C1=O. The molecule has 3 unspecified atom stereocenters. The Morgan fingerprint density at radius 3 is 2.43 bits per heavy atom. The molecule has 166 valence electrons. The van der Waals surface area contributed by atoms with E-state index in [1.807, 2.05) is 0 Å². The van der Waals surface area contributed by atoms with Crippen molar-refractivity contribution in [1.82, 2.24) is 0 Å². The van der Waals surface area contributed by atoms with Crippen molar-refractivity contribution in [2.75, 3.05) is 13.4 Å². The average Bonchev–Trinajstić information content (AvgIpc) is 2.65. The first-order chi connectivity index (χ1) is 13.9. The van der Waals surface area contributed by atoms with Crippen LogP contribution in [-0.2, 0) is 35.5 Å². The van der Waals surface area contributed by atoms with Crippen LogP contribution >= 0.6 is 11.6 Å². The van der Waals surface area contributed by atoms with Crippen LogP contribution in [0, 0.1) is 5.92 Å². The number of carbonyl (C=O) groups excluding carboxylic acids is 3. The van der Waals surface area contributed by atoms with Gasteiger partial charge in [-0.3, -0.25) is 14.4 Å². The highest BCUT2D eigenvalue weighted by Crippen LogP contribution is 2.33. The maximum absolute atomic E-state index is 13.2. The van der Waals surface area contributed by atoms with Gasteiger partial charge in [-0.2, -0.15) is 0 Å². The van der Waals surface area contributed by atoms with E-state index in [1.165, 1.54) is 7.11 Å². The van der Waals surface area contributed by atoms with Gasteiger partial charge in [0, 0.05) is 30.9 Å². The Labute approximate surface area is 175 Å². The summed E-state index contributed by atoms with van der Waals surface area (Å²) in [7, 11) is -2.72. The summed E-state index contributed by atoms with van der Waals surface area (Å²) in [5, 5.41) is -0.537. The summed E-state index contributed by atoms with van der Waals surface area (Å²) in [6, 6.07) is 1.95. The first-order valence-corrected chi connectivity index (χ1v) is 10.9. The van der Waals surface area contributed by atoms with E-state index in [1.54, 1.807) is 0 Å². The maximum atomic E-state index is 13.2. The van der Waals surface area contributed by atoms with Crippen molar-refractivity contribution < 1.29 is 45.4 Å². The molecule has 1 aromatic rings. The summed E-state index contributed by atoms with van der Waals surface area (Å²) < 4.78 is 71.2. The van der Waals surface area contributed by atoms with Gasteiger partial charge in [0.1, 0.15) is 12.0 Å². The quantitative estimate of drug-likeness (QED) is 0.425. The van der Waals surface area contributed by atoms with Gasteiger partial charge in [-0.15, -0.1) is 0 Å². The lowest BCUT2D eigenvalue weighted by atomic mass is 9.80. The molecule has 0 spiro atoms. The van der Waals surface area contributed by atoms with Gasteiger partial charge in [-0.1, -0.05) is 11.6 Å². The van der Waals surface area contributed by atoms with Crippen molar-refractivity contribution in [2.24, 2.45) is 5.92 Å². The summed E-state index contributed by atoms with van der Waals surface area (Å²) in [5.74, 6) is -4.11. The Hall–Kier alpha value is -1.82. The lowest BCUT2D eigenvalue weighted by molar-refractivity contribution is -0.141. The Morgan fingerprint density at radius 1 is 1.27 bits per heavy atom. The van der Waals surface area contributed by atoms with Crippen molar-refractivity contribution in [3.63, 3.8) is 0 Å². The van der Waals surface area contributed by atoms with E-state index in [-0.39, 0.29) is 12.8 Å². The molecular formula is C18H18ClF3O7S. The highest BCUT2D eigenvalue weighted by Gasteiger charge is 2.43. The number of halogens is 4. The number of ketones is 3. The summed E-state index contributed by atoms with van der Waals surface area (Å²) in [6.45, 7) is -0.985. The number of carbonyl (C=O) groups is 3. The number of rotatable bonds is 8. The molecule has 1 fully saturated rings. The van der Waals surface area contributed by atoms with Crippen LogP contribution in [0.15, 0.2) is 17.0 Å². The molecule has 0 heterocycles. The third-order valence-electron chi connectivity index (χ3n) is 4.57. The van der Waals surface area contributed by atoms with Crippen LogP contribution < -0.4 is 0 Å². The van der Waals surface area contributed by atoms with Crippen LogP contribution in [0.4, 0.5) is 13.2 Å². The molecule has 0 amide bonds. The van der Waals surface area contributed by atoms with Crippen molar-refractivity contribution >= 4 is 38.8 Å². The van der Waals surface area contributed by atoms with Gasteiger partial charge in [0.15, 0.2) is 27.2 Å². The summed E-state index contributed by atoms with van der Waals surface area (Å²) in [5.41, 5.74) is -0.828. The maximum Gasteiger partial charge on any atom is 0.293 e. The Morgan fingerprint density at radius 2 is 1.90 bits per heavy atom. The van der Waals surface area contributed by atoms with Crippen molar-refractivity contribution in [3.8, 4) is 0 Å². The topological polar surface area (TPSA) is 104 Å². The number of alkyl halides is 3. The second kappa shape index (κ2) is 9.54. The van der Waals surface area contributed by atoms with Gasteiger partial charge in [0.25, 0.3) is 12.8 Å². The monoisotopic (exact) mass is 470 g/mol. The number of methoxy groups -OCH3 is 1. The highest BCUT2D eigenvalue weighted by atomic mass is 35.5. The molecule has 1 aliphatic rings.